The highest BCUT2D eigenvalue weighted by Crippen LogP contribution is 2.07. The zero-order valence-electron chi connectivity index (χ0n) is 10.3. The van der Waals surface area contributed by atoms with Crippen molar-refractivity contribution < 1.29 is 4.79 Å². The van der Waals surface area contributed by atoms with Crippen LogP contribution in [0.3, 0.4) is 0 Å². The van der Waals surface area contributed by atoms with E-state index in [0.29, 0.717) is 13.0 Å². The molecule has 1 N–H and O–H groups in total. The predicted octanol–water partition coefficient (Wildman–Crippen LogP) is 1.22. The minimum atomic E-state index is 0.0937. The van der Waals surface area contributed by atoms with Gasteiger partial charge in [-0.1, -0.05) is 24.3 Å². The highest BCUT2D eigenvalue weighted by molar-refractivity contribution is 5.78. The lowest BCUT2D eigenvalue weighted by Gasteiger charge is -2.11. The first-order valence-electron chi connectivity index (χ1n) is 5.55. The lowest BCUT2D eigenvalue weighted by Crippen LogP contribution is -2.32. The summed E-state index contributed by atoms with van der Waals surface area (Å²) < 4.78 is 0. The van der Waals surface area contributed by atoms with Crippen molar-refractivity contribution in [3.63, 3.8) is 0 Å². The fourth-order valence-corrected chi connectivity index (χ4v) is 1.46. The molecule has 0 saturated heterocycles. The zero-order chi connectivity index (χ0) is 12.0. The topological polar surface area (TPSA) is 32.3 Å². The van der Waals surface area contributed by atoms with Gasteiger partial charge in [0.15, 0.2) is 0 Å². The molecule has 0 radical (unpaired) electrons. The number of hydrogen-bond donors (Lipinski definition) is 1. The normalized spacial score (nSPS) is 10.5. The van der Waals surface area contributed by atoms with Crippen LogP contribution in [-0.2, 0) is 11.2 Å². The second-order valence-electron chi connectivity index (χ2n) is 4.26. The van der Waals surface area contributed by atoms with Crippen LogP contribution in [0.1, 0.15) is 11.1 Å². The van der Waals surface area contributed by atoms with Crippen molar-refractivity contribution in [2.45, 2.75) is 13.3 Å². The number of hydrogen-bond acceptors (Lipinski definition) is 2. The molecule has 0 bridgehead atoms. The molecule has 0 aliphatic rings. The monoisotopic (exact) mass is 220 g/mol. The van der Waals surface area contributed by atoms with Gasteiger partial charge in [0.1, 0.15) is 0 Å². The van der Waals surface area contributed by atoms with Gasteiger partial charge in [-0.3, -0.25) is 4.79 Å². The van der Waals surface area contributed by atoms with Gasteiger partial charge in [0.2, 0.25) is 5.91 Å². The molecule has 3 nitrogen and oxygen atoms in total. The molecule has 0 spiro atoms. The third kappa shape index (κ3) is 4.45. The maximum atomic E-state index is 11.6. The minimum Gasteiger partial charge on any atom is -0.355 e. The summed E-state index contributed by atoms with van der Waals surface area (Å²) in [4.78, 5) is 13.7. The van der Waals surface area contributed by atoms with Crippen molar-refractivity contribution in [1.82, 2.24) is 10.2 Å². The molecular weight excluding hydrogens is 200 g/mol. The summed E-state index contributed by atoms with van der Waals surface area (Å²) in [6, 6.07) is 7.99. The smallest absolute Gasteiger partial charge is 0.224 e. The summed E-state index contributed by atoms with van der Waals surface area (Å²) in [6.45, 7) is 3.61. The van der Waals surface area contributed by atoms with E-state index in [1.807, 2.05) is 50.2 Å². The van der Waals surface area contributed by atoms with Crippen LogP contribution < -0.4 is 5.32 Å². The molecule has 0 heterocycles. The number of nitrogens with one attached hydrogen (secondary N) is 1. The Bertz CT molecular complexity index is 348. The molecule has 1 aromatic rings. The number of carbonyl (C=O) groups is 1. The van der Waals surface area contributed by atoms with Crippen LogP contribution in [0.25, 0.3) is 0 Å². The molecule has 3 heteroatoms. The molecule has 0 saturated carbocycles. The van der Waals surface area contributed by atoms with E-state index in [2.05, 4.69) is 5.32 Å². The van der Waals surface area contributed by atoms with E-state index in [1.54, 1.807) is 0 Å². The van der Waals surface area contributed by atoms with Crippen LogP contribution in [0, 0.1) is 6.92 Å². The number of amides is 1. The maximum absolute atomic E-state index is 11.6. The first-order chi connectivity index (χ1) is 7.59. The number of nitrogens with zero attached hydrogens (tertiary/aromatic N) is 1. The highest BCUT2D eigenvalue weighted by atomic mass is 16.1. The van der Waals surface area contributed by atoms with E-state index in [1.165, 1.54) is 5.56 Å². The van der Waals surface area contributed by atoms with Crippen LogP contribution >= 0.6 is 0 Å². The van der Waals surface area contributed by atoms with E-state index in [0.717, 1.165) is 12.1 Å². The molecule has 0 atom stereocenters. The third-order valence-electron chi connectivity index (χ3n) is 2.49. The number of benzene rings is 1. The summed E-state index contributed by atoms with van der Waals surface area (Å²) in [5.41, 5.74) is 2.27. The van der Waals surface area contributed by atoms with Crippen LogP contribution in [0.15, 0.2) is 24.3 Å². The molecule has 0 fully saturated rings. The highest BCUT2D eigenvalue weighted by Gasteiger charge is 2.04. The lowest BCUT2D eigenvalue weighted by molar-refractivity contribution is -0.120. The van der Waals surface area contributed by atoms with Crippen LogP contribution in [0.4, 0.5) is 0 Å². The summed E-state index contributed by atoms with van der Waals surface area (Å²) >= 11 is 0. The summed E-state index contributed by atoms with van der Waals surface area (Å²) in [5, 5.41) is 2.91. The van der Waals surface area contributed by atoms with Gasteiger partial charge in [-0.25, -0.2) is 0 Å². The maximum Gasteiger partial charge on any atom is 0.224 e. The van der Waals surface area contributed by atoms with E-state index in [4.69, 9.17) is 0 Å². The average molecular weight is 220 g/mol. The molecule has 0 aliphatic heterocycles. The van der Waals surface area contributed by atoms with Gasteiger partial charge in [-0.15, -0.1) is 0 Å². The fourth-order valence-electron chi connectivity index (χ4n) is 1.46. The zero-order valence-corrected chi connectivity index (χ0v) is 10.3. The van der Waals surface area contributed by atoms with Gasteiger partial charge in [0, 0.05) is 13.1 Å². The largest absolute Gasteiger partial charge is 0.355 e. The van der Waals surface area contributed by atoms with Gasteiger partial charge in [0.05, 0.1) is 6.42 Å². The van der Waals surface area contributed by atoms with Crippen molar-refractivity contribution in [3.05, 3.63) is 35.4 Å². The Hall–Kier alpha value is -1.35. The van der Waals surface area contributed by atoms with Crippen LogP contribution in [-0.4, -0.2) is 38.0 Å². The number of rotatable bonds is 5. The second kappa shape index (κ2) is 6.28. The molecule has 1 rings (SSSR count). The third-order valence-corrected chi connectivity index (χ3v) is 2.49. The van der Waals surface area contributed by atoms with Gasteiger partial charge < -0.3 is 10.2 Å². The molecule has 0 unspecified atom stereocenters. The number of likely N-dealkylation sites (N-methyl/N-ethyl adjacent to an activating group) is 1. The first kappa shape index (κ1) is 12.7. The van der Waals surface area contributed by atoms with Gasteiger partial charge in [-0.05, 0) is 32.1 Å². The Morgan fingerprint density at radius 3 is 2.62 bits per heavy atom. The molecule has 0 aliphatic carbocycles. The molecule has 0 aromatic heterocycles. The first-order valence-corrected chi connectivity index (χ1v) is 5.55. The van der Waals surface area contributed by atoms with E-state index >= 15 is 0 Å². The Balaban J connectivity index is 2.37. The van der Waals surface area contributed by atoms with Crippen LogP contribution in [0.5, 0.6) is 0 Å². The van der Waals surface area contributed by atoms with Crippen molar-refractivity contribution in [1.29, 1.82) is 0 Å². The van der Waals surface area contributed by atoms with Gasteiger partial charge in [0.25, 0.3) is 0 Å². The van der Waals surface area contributed by atoms with E-state index in [9.17, 15) is 4.79 Å². The molecular formula is C13H20N2O. The standard InChI is InChI=1S/C13H20N2O/c1-11-6-4-5-7-12(11)10-13(16)14-8-9-15(2)3/h4-7H,8-10H2,1-3H3,(H,14,16). The predicted molar refractivity (Wildman–Crippen MR) is 66.4 cm³/mol. The molecule has 1 aromatic carbocycles. The van der Waals surface area contributed by atoms with Crippen molar-refractivity contribution >= 4 is 5.91 Å². The quantitative estimate of drug-likeness (QED) is 0.809. The van der Waals surface area contributed by atoms with Crippen LogP contribution in [0.2, 0.25) is 0 Å². The lowest BCUT2D eigenvalue weighted by atomic mass is 10.1. The fraction of sp³-hybridized carbons (Fsp3) is 0.462. The minimum absolute atomic E-state index is 0.0937. The number of carbonyl (C=O) groups excluding carboxylic acids is 1. The van der Waals surface area contributed by atoms with E-state index in [-0.39, 0.29) is 5.91 Å². The average Bonchev–Trinajstić information content (AvgIpc) is 2.21. The van der Waals surface area contributed by atoms with Crippen molar-refractivity contribution in [2.75, 3.05) is 27.2 Å². The van der Waals surface area contributed by atoms with Crippen molar-refractivity contribution in [2.24, 2.45) is 0 Å². The van der Waals surface area contributed by atoms with E-state index < -0.39 is 0 Å². The van der Waals surface area contributed by atoms with Gasteiger partial charge >= 0.3 is 0 Å². The summed E-state index contributed by atoms with van der Waals surface area (Å²) in [7, 11) is 3.99. The molecule has 16 heavy (non-hydrogen) atoms. The molecule has 1 amide bonds. The second-order valence-corrected chi connectivity index (χ2v) is 4.26. The Morgan fingerprint density at radius 2 is 2.00 bits per heavy atom. The Kier molecular flexibility index (Phi) is 4.99. The van der Waals surface area contributed by atoms with Crippen molar-refractivity contribution in [3.8, 4) is 0 Å². The summed E-state index contributed by atoms with van der Waals surface area (Å²) in [5.74, 6) is 0.0937. The SMILES string of the molecule is Cc1ccccc1CC(=O)NCCN(C)C. The number of aryl methyl sites for hydroxylation is 1. The Morgan fingerprint density at radius 1 is 1.31 bits per heavy atom. The summed E-state index contributed by atoms with van der Waals surface area (Å²) in [6.07, 6.45) is 0.472. The Labute approximate surface area is 97.5 Å². The van der Waals surface area contributed by atoms with Gasteiger partial charge in [-0.2, -0.15) is 0 Å². The molecule has 88 valence electrons.